The Hall–Kier alpha value is -6.96. The molecule has 4 heteroatoms. The van der Waals surface area contributed by atoms with Crippen LogP contribution in [0.25, 0.3) is 83.5 Å². The predicted molar refractivity (Wildman–Crippen MR) is 242 cm³/mol. The zero-order valence-electron chi connectivity index (χ0n) is 33.3. The Balaban J connectivity index is 0.957. The molecule has 5 aliphatic carbocycles. The van der Waals surface area contributed by atoms with Gasteiger partial charge in [-0.05, 0) is 130 Å². The van der Waals surface area contributed by atoms with Crippen LogP contribution in [0.2, 0.25) is 0 Å². The van der Waals surface area contributed by atoms with Crippen molar-refractivity contribution < 1.29 is 0 Å². The largest absolute Gasteiger partial charge is 0.238 e. The van der Waals surface area contributed by atoms with E-state index >= 15 is 0 Å². The second-order valence-electron chi connectivity index (χ2n) is 17.5. The monoisotopic (exact) mass is 770 g/mol. The molecular weight excluding hydrogens is 729 g/mol. The third kappa shape index (κ3) is 5.53. The Labute approximate surface area is 351 Å². The summed E-state index contributed by atoms with van der Waals surface area (Å²) in [5.74, 6) is 5.04. The molecule has 0 radical (unpaired) electrons. The van der Waals surface area contributed by atoms with E-state index < -0.39 is 0 Å². The molecule has 4 bridgehead atoms. The molecule has 13 rings (SSSR count). The summed E-state index contributed by atoms with van der Waals surface area (Å²) in [7, 11) is 0. The molecule has 5 aliphatic rings. The normalized spacial score (nSPS) is 21.7. The summed E-state index contributed by atoms with van der Waals surface area (Å²) in [5, 5.41) is 0. The van der Waals surface area contributed by atoms with Crippen molar-refractivity contribution in [2.24, 2.45) is 23.7 Å². The van der Waals surface area contributed by atoms with Crippen LogP contribution in [0.5, 0.6) is 0 Å². The Kier molecular flexibility index (Phi) is 8.07. The van der Waals surface area contributed by atoms with Gasteiger partial charge in [-0.3, -0.25) is 0 Å². The first-order valence-corrected chi connectivity index (χ1v) is 21.5. The average molecular weight is 771 g/mol. The van der Waals surface area contributed by atoms with Crippen LogP contribution < -0.4 is 0 Å². The molecule has 0 N–H and O–H groups in total. The first-order chi connectivity index (χ1) is 29.6. The van der Waals surface area contributed by atoms with Gasteiger partial charge < -0.3 is 0 Å². The lowest BCUT2D eigenvalue weighted by atomic mass is 9.43. The molecule has 286 valence electrons. The van der Waals surface area contributed by atoms with Gasteiger partial charge in [0.15, 0.2) is 23.2 Å². The van der Waals surface area contributed by atoms with Crippen LogP contribution in [0.1, 0.15) is 43.2 Å². The molecule has 4 nitrogen and oxygen atoms in total. The van der Waals surface area contributed by atoms with Crippen molar-refractivity contribution in [1.29, 1.82) is 0 Å². The Morgan fingerprint density at radius 2 is 0.833 bits per heavy atom. The molecule has 4 fully saturated rings. The Morgan fingerprint density at radius 1 is 0.383 bits per heavy atom. The lowest BCUT2D eigenvalue weighted by molar-refractivity contribution is -0.0399. The van der Waals surface area contributed by atoms with Crippen molar-refractivity contribution >= 4 is 5.69 Å². The molecule has 8 aromatic rings. The minimum Gasteiger partial charge on any atom is -0.238 e. The summed E-state index contributed by atoms with van der Waals surface area (Å²) >= 11 is 0. The van der Waals surface area contributed by atoms with Gasteiger partial charge in [-0.1, -0.05) is 152 Å². The molecule has 1 aromatic heterocycles. The zero-order chi connectivity index (χ0) is 39.8. The van der Waals surface area contributed by atoms with E-state index in [9.17, 15) is 0 Å². The highest BCUT2D eigenvalue weighted by molar-refractivity contribution is 5.88. The number of nitrogens with zero attached hydrogens (tertiary/aromatic N) is 4. The topological polar surface area (TPSA) is 43.0 Å². The minimum atomic E-state index is 0.0135. The van der Waals surface area contributed by atoms with Gasteiger partial charge in [-0.15, -0.1) is 0 Å². The van der Waals surface area contributed by atoms with Gasteiger partial charge in [0, 0.05) is 22.1 Å². The van der Waals surface area contributed by atoms with E-state index in [-0.39, 0.29) is 5.41 Å². The lowest BCUT2D eigenvalue weighted by Gasteiger charge is -2.61. The molecule has 4 saturated carbocycles. The lowest BCUT2D eigenvalue weighted by Crippen LogP contribution is -2.55. The van der Waals surface area contributed by atoms with Gasteiger partial charge in [0.05, 0.1) is 6.57 Å². The number of hydrogen-bond acceptors (Lipinski definition) is 3. The second kappa shape index (κ2) is 13.8. The highest BCUT2D eigenvalue weighted by atomic mass is 15.0. The number of para-hydroxylation sites is 1. The molecule has 0 aliphatic heterocycles. The zero-order valence-corrected chi connectivity index (χ0v) is 33.3. The molecule has 1 heterocycles. The summed E-state index contributed by atoms with van der Waals surface area (Å²) in [6.45, 7) is 7.69. The Morgan fingerprint density at radius 3 is 1.42 bits per heavy atom. The number of rotatable bonds is 6. The summed E-state index contributed by atoms with van der Waals surface area (Å²) in [6, 6.07) is 60.6. The standard InChI is InChI=1S/C56H42N4/c1-57-52-18-9-8-17-47(52)38-21-19-37(20-22-38)42-23-25-48-49-26-24-43(34-51(49)56(50(48)33-42)45-28-35-27-36(30-45)31-46(56)29-35)41-15-10-16-44(32-41)55-59-53(39-11-4-2-5-12-39)58-54(60-55)40-13-6-3-7-14-40/h2-26,32-36,45-46H,27-31H2. The number of aromatic nitrogens is 3. The summed E-state index contributed by atoms with van der Waals surface area (Å²) < 4.78 is 0. The van der Waals surface area contributed by atoms with Gasteiger partial charge in [-0.25, -0.2) is 19.8 Å². The SMILES string of the molecule is [C-]#[N+]c1ccccc1-c1ccc(-c2ccc3c(c2)C2(c4cc(-c5cccc(-c6nc(-c7ccccc7)nc(-c7ccccc7)n6)c5)ccc4-3)C3CC4CC(C3)CC2C4)cc1. The smallest absolute Gasteiger partial charge is 0.194 e. The molecule has 0 amide bonds. The van der Waals surface area contributed by atoms with Crippen LogP contribution >= 0.6 is 0 Å². The fourth-order valence-corrected chi connectivity index (χ4v) is 12.0. The highest BCUT2D eigenvalue weighted by Crippen LogP contribution is 2.69. The first-order valence-electron chi connectivity index (χ1n) is 21.5. The summed E-state index contributed by atoms with van der Waals surface area (Å²) in [6.07, 6.45) is 6.75. The van der Waals surface area contributed by atoms with Crippen LogP contribution in [0, 0.1) is 30.2 Å². The first kappa shape index (κ1) is 35.0. The van der Waals surface area contributed by atoms with E-state index in [2.05, 4.69) is 114 Å². The maximum atomic E-state index is 7.69. The molecular formula is C56H42N4. The molecule has 0 unspecified atom stereocenters. The van der Waals surface area contributed by atoms with E-state index in [0.717, 1.165) is 39.7 Å². The van der Waals surface area contributed by atoms with Crippen LogP contribution in [-0.4, -0.2) is 15.0 Å². The number of hydrogen-bond donors (Lipinski definition) is 0. The molecule has 0 saturated heterocycles. The van der Waals surface area contributed by atoms with Gasteiger partial charge in [0.1, 0.15) is 0 Å². The predicted octanol–water partition coefficient (Wildman–Crippen LogP) is 14.1. The van der Waals surface area contributed by atoms with Crippen molar-refractivity contribution in [2.75, 3.05) is 0 Å². The minimum absolute atomic E-state index is 0.0135. The fourth-order valence-electron chi connectivity index (χ4n) is 12.0. The molecule has 0 atom stereocenters. The molecule has 1 spiro atoms. The summed E-state index contributed by atoms with van der Waals surface area (Å²) in [4.78, 5) is 18.9. The quantitative estimate of drug-likeness (QED) is 0.158. The van der Waals surface area contributed by atoms with Gasteiger partial charge >= 0.3 is 0 Å². The van der Waals surface area contributed by atoms with E-state index in [0.29, 0.717) is 35.0 Å². The van der Waals surface area contributed by atoms with Crippen molar-refractivity contribution in [3.05, 3.63) is 192 Å². The van der Waals surface area contributed by atoms with Gasteiger partial charge in [0.25, 0.3) is 0 Å². The average Bonchev–Trinajstić information content (AvgIpc) is 3.60. The van der Waals surface area contributed by atoms with Gasteiger partial charge in [-0.2, -0.15) is 0 Å². The van der Waals surface area contributed by atoms with E-state index in [1.807, 2.05) is 60.7 Å². The Bertz CT molecular complexity index is 2910. The van der Waals surface area contributed by atoms with Crippen molar-refractivity contribution in [3.8, 4) is 78.7 Å². The van der Waals surface area contributed by atoms with Crippen LogP contribution in [0.3, 0.4) is 0 Å². The van der Waals surface area contributed by atoms with E-state index in [1.54, 1.807) is 5.56 Å². The maximum absolute atomic E-state index is 7.69. The van der Waals surface area contributed by atoms with Crippen molar-refractivity contribution in [1.82, 2.24) is 15.0 Å². The van der Waals surface area contributed by atoms with Crippen molar-refractivity contribution in [3.63, 3.8) is 0 Å². The number of fused-ring (bicyclic) bond motifs is 3. The van der Waals surface area contributed by atoms with Gasteiger partial charge in [0.2, 0.25) is 0 Å². The third-order valence-corrected chi connectivity index (χ3v) is 14.4. The van der Waals surface area contributed by atoms with E-state index in [4.69, 9.17) is 21.5 Å². The number of benzene rings is 7. The fraction of sp³-hybridized carbons (Fsp3) is 0.179. The third-order valence-electron chi connectivity index (χ3n) is 14.4. The highest BCUT2D eigenvalue weighted by Gasteiger charge is 2.61. The molecule has 60 heavy (non-hydrogen) atoms. The second-order valence-corrected chi connectivity index (χ2v) is 17.5. The molecule has 7 aromatic carbocycles. The van der Waals surface area contributed by atoms with Crippen LogP contribution in [0.15, 0.2) is 170 Å². The van der Waals surface area contributed by atoms with Crippen LogP contribution in [0.4, 0.5) is 5.69 Å². The van der Waals surface area contributed by atoms with Crippen LogP contribution in [-0.2, 0) is 5.41 Å². The van der Waals surface area contributed by atoms with Crippen molar-refractivity contribution in [2.45, 2.75) is 37.5 Å². The summed E-state index contributed by atoms with van der Waals surface area (Å²) in [5.41, 5.74) is 16.5. The maximum Gasteiger partial charge on any atom is 0.194 e. The van der Waals surface area contributed by atoms with E-state index in [1.165, 1.54) is 71.0 Å².